The Balaban J connectivity index is 1.52. The fraction of sp³-hybridized carbons (Fsp3) is 0.455. The van der Waals surface area contributed by atoms with Crippen molar-refractivity contribution in [1.82, 2.24) is 15.3 Å². The summed E-state index contributed by atoms with van der Waals surface area (Å²) in [6, 6.07) is 8.59. The number of thioether (sulfide) groups is 1. The fourth-order valence-corrected chi connectivity index (χ4v) is 4.58. The minimum atomic E-state index is 0.336. The molecule has 2 aliphatic rings. The number of hydrogen-bond donors (Lipinski definition) is 1. The summed E-state index contributed by atoms with van der Waals surface area (Å²) in [6.07, 6.45) is 12.5. The molecule has 4 heterocycles. The Hall–Kier alpha value is -1.56. The third-order valence-corrected chi connectivity index (χ3v) is 6.65. The summed E-state index contributed by atoms with van der Waals surface area (Å²) in [6.45, 7) is 1.76. The summed E-state index contributed by atoms with van der Waals surface area (Å²) in [4.78, 5) is 10.5. The average Bonchev–Trinajstić information content (AvgIpc) is 3.23. The molecular formula is C22H26ClN3OS. The van der Waals surface area contributed by atoms with E-state index in [0.717, 1.165) is 50.3 Å². The highest BCUT2D eigenvalue weighted by Crippen LogP contribution is 2.36. The number of halogens is 1. The van der Waals surface area contributed by atoms with Crippen LogP contribution in [0.3, 0.4) is 0 Å². The van der Waals surface area contributed by atoms with E-state index in [1.807, 2.05) is 18.3 Å². The van der Waals surface area contributed by atoms with Gasteiger partial charge in [-0.2, -0.15) is 0 Å². The van der Waals surface area contributed by atoms with E-state index in [4.69, 9.17) is 21.3 Å². The average molecular weight is 416 g/mol. The molecule has 1 fully saturated rings. The van der Waals surface area contributed by atoms with E-state index in [0.29, 0.717) is 22.9 Å². The number of rotatable bonds is 6. The first kappa shape index (κ1) is 19.7. The van der Waals surface area contributed by atoms with E-state index in [-0.39, 0.29) is 0 Å². The zero-order valence-corrected chi connectivity index (χ0v) is 17.7. The Bertz CT molecular complexity index is 804. The van der Waals surface area contributed by atoms with Crippen molar-refractivity contribution in [1.29, 1.82) is 0 Å². The molecule has 0 amide bonds. The largest absolute Gasteiger partial charge is 0.381 e. The van der Waals surface area contributed by atoms with Crippen LogP contribution in [-0.2, 0) is 4.74 Å². The summed E-state index contributed by atoms with van der Waals surface area (Å²) in [7, 11) is 0. The highest BCUT2D eigenvalue weighted by molar-refractivity contribution is 7.98. The van der Waals surface area contributed by atoms with Crippen molar-refractivity contribution in [3.8, 4) is 0 Å². The Kier molecular flexibility index (Phi) is 6.55. The molecule has 28 heavy (non-hydrogen) atoms. The first-order valence-electron chi connectivity index (χ1n) is 9.89. The number of nitrogens with one attached hydrogen (secondary N) is 1. The van der Waals surface area contributed by atoms with Gasteiger partial charge in [0.2, 0.25) is 0 Å². The summed E-state index contributed by atoms with van der Waals surface area (Å²) in [5.41, 5.74) is 3.22. The van der Waals surface area contributed by atoms with Gasteiger partial charge in [-0.3, -0.25) is 9.97 Å². The molecule has 0 radical (unpaired) electrons. The van der Waals surface area contributed by atoms with Crippen LogP contribution in [0.1, 0.15) is 43.0 Å². The zero-order valence-electron chi connectivity index (χ0n) is 16.1. The van der Waals surface area contributed by atoms with E-state index in [2.05, 4.69) is 34.8 Å². The smallest absolute Gasteiger partial charge is 0.0858 e. The Labute approximate surface area is 176 Å². The monoisotopic (exact) mass is 415 g/mol. The van der Waals surface area contributed by atoms with Crippen molar-refractivity contribution in [2.24, 2.45) is 5.92 Å². The highest BCUT2D eigenvalue weighted by Gasteiger charge is 2.31. The van der Waals surface area contributed by atoms with Crippen LogP contribution in [0, 0.1) is 5.92 Å². The van der Waals surface area contributed by atoms with Crippen LogP contribution < -0.4 is 5.32 Å². The molecule has 0 bridgehead atoms. The molecular weight excluding hydrogens is 390 g/mol. The van der Waals surface area contributed by atoms with Gasteiger partial charge in [-0.15, -0.1) is 11.8 Å². The molecule has 1 saturated heterocycles. The first-order valence-corrected chi connectivity index (χ1v) is 11.5. The molecule has 0 aliphatic carbocycles. The van der Waals surface area contributed by atoms with Crippen LogP contribution in [0.5, 0.6) is 0 Å². The molecule has 4 rings (SSSR count). The summed E-state index contributed by atoms with van der Waals surface area (Å²) >= 11 is 7.72. The van der Waals surface area contributed by atoms with Gasteiger partial charge >= 0.3 is 0 Å². The maximum Gasteiger partial charge on any atom is 0.0858 e. The second kappa shape index (κ2) is 9.29. The number of ether oxygens (including phenoxy) is 1. The third kappa shape index (κ3) is 4.70. The van der Waals surface area contributed by atoms with E-state index >= 15 is 0 Å². The Morgan fingerprint density at radius 3 is 2.71 bits per heavy atom. The molecule has 2 unspecified atom stereocenters. The van der Waals surface area contributed by atoms with Crippen LogP contribution in [0.15, 0.2) is 47.6 Å². The Morgan fingerprint density at radius 2 is 2.04 bits per heavy atom. The molecule has 2 aliphatic heterocycles. The van der Waals surface area contributed by atoms with Gasteiger partial charge in [0.05, 0.1) is 16.4 Å². The van der Waals surface area contributed by atoms with E-state index in [9.17, 15) is 0 Å². The predicted octanol–water partition coefficient (Wildman–Crippen LogP) is 5.16. The molecule has 2 aromatic heterocycles. The SMILES string of the molecule is CSc1ccc(C(CC2CCOCC2)C2CC=C(c3ccc(Cl)cn3)N2)nc1. The summed E-state index contributed by atoms with van der Waals surface area (Å²) in [5.74, 6) is 1.07. The van der Waals surface area contributed by atoms with E-state index in [1.165, 1.54) is 10.6 Å². The van der Waals surface area contributed by atoms with Crippen molar-refractivity contribution >= 4 is 29.1 Å². The van der Waals surface area contributed by atoms with Crippen LogP contribution >= 0.6 is 23.4 Å². The number of nitrogens with zero attached hydrogens (tertiary/aromatic N) is 2. The quantitative estimate of drug-likeness (QED) is 0.660. The molecule has 6 heteroatoms. The topological polar surface area (TPSA) is 47.0 Å². The normalized spacial score (nSPS) is 21.2. The molecule has 0 spiro atoms. The van der Waals surface area contributed by atoms with Gasteiger partial charge < -0.3 is 10.1 Å². The van der Waals surface area contributed by atoms with E-state index in [1.54, 1.807) is 18.0 Å². The Morgan fingerprint density at radius 1 is 1.18 bits per heavy atom. The van der Waals surface area contributed by atoms with E-state index < -0.39 is 0 Å². The first-order chi connectivity index (χ1) is 13.7. The molecule has 1 N–H and O–H groups in total. The van der Waals surface area contributed by atoms with Gasteiger partial charge in [0.25, 0.3) is 0 Å². The second-order valence-corrected chi connectivity index (χ2v) is 8.80. The standard InChI is InChI=1S/C22H26ClN3OS/c1-28-17-3-5-19(25-14-17)18(12-15-8-10-27-11-9-15)20-6-7-22(26-20)21-4-2-16(23)13-24-21/h2-5,7,13-15,18,20,26H,6,8-12H2,1H3. The lowest BCUT2D eigenvalue weighted by molar-refractivity contribution is 0.0604. The lowest BCUT2D eigenvalue weighted by Gasteiger charge is -2.30. The fourth-order valence-electron chi connectivity index (χ4n) is 4.11. The van der Waals surface area contributed by atoms with Crippen LogP contribution in [0.4, 0.5) is 0 Å². The van der Waals surface area contributed by atoms with Crippen molar-refractivity contribution in [2.45, 2.75) is 42.5 Å². The molecule has 0 saturated carbocycles. The minimum absolute atomic E-state index is 0.336. The number of pyridine rings is 2. The lowest BCUT2D eigenvalue weighted by Crippen LogP contribution is -2.32. The maximum absolute atomic E-state index is 5.99. The van der Waals surface area contributed by atoms with Crippen LogP contribution in [-0.4, -0.2) is 35.5 Å². The van der Waals surface area contributed by atoms with Gasteiger partial charge in [0.15, 0.2) is 0 Å². The number of hydrogen-bond acceptors (Lipinski definition) is 5. The zero-order chi connectivity index (χ0) is 19.3. The highest BCUT2D eigenvalue weighted by atomic mass is 35.5. The van der Waals surface area contributed by atoms with Crippen LogP contribution in [0.25, 0.3) is 5.70 Å². The van der Waals surface area contributed by atoms with Gasteiger partial charge in [-0.25, -0.2) is 0 Å². The third-order valence-electron chi connectivity index (χ3n) is 5.71. The van der Waals surface area contributed by atoms with Gasteiger partial charge in [0, 0.05) is 48.2 Å². The lowest BCUT2D eigenvalue weighted by atomic mass is 9.82. The van der Waals surface area contributed by atoms with Crippen molar-refractivity contribution in [2.75, 3.05) is 19.5 Å². The molecule has 4 nitrogen and oxygen atoms in total. The predicted molar refractivity (Wildman–Crippen MR) is 116 cm³/mol. The molecule has 148 valence electrons. The van der Waals surface area contributed by atoms with Gasteiger partial charge in [-0.05, 0) is 62.1 Å². The molecule has 0 aromatic carbocycles. The van der Waals surface area contributed by atoms with Crippen molar-refractivity contribution in [3.05, 3.63) is 59.1 Å². The minimum Gasteiger partial charge on any atom is -0.381 e. The summed E-state index contributed by atoms with van der Waals surface area (Å²) < 4.78 is 5.56. The molecule has 2 aromatic rings. The molecule has 2 atom stereocenters. The second-order valence-electron chi connectivity index (χ2n) is 7.49. The van der Waals surface area contributed by atoms with Gasteiger partial charge in [0.1, 0.15) is 0 Å². The van der Waals surface area contributed by atoms with Crippen LogP contribution in [0.2, 0.25) is 5.02 Å². The summed E-state index contributed by atoms with van der Waals surface area (Å²) in [5, 5.41) is 4.38. The van der Waals surface area contributed by atoms with Crippen molar-refractivity contribution in [3.63, 3.8) is 0 Å². The van der Waals surface area contributed by atoms with Gasteiger partial charge in [-0.1, -0.05) is 17.7 Å². The number of aromatic nitrogens is 2. The maximum atomic E-state index is 5.99. The van der Waals surface area contributed by atoms with Crippen molar-refractivity contribution < 1.29 is 4.74 Å².